The molecule has 1 aliphatic rings. The maximum Gasteiger partial charge on any atom is 0.261 e. The third kappa shape index (κ3) is 2.92. The molecule has 1 fully saturated rings. The topological polar surface area (TPSA) is 46.8 Å². The molecule has 0 unspecified atom stereocenters. The summed E-state index contributed by atoms with van der Waals surface area (Å²) in [4.78, 5) is 19.1. The van der Waals surface area contributed by atoms with E-state index < -0.39 is 0 Å². The molecule has 0 atom stereocenters. The minimum atomic E-state index is 0.0181. The molecular formula is C14H16BrN3O2. The van der Waals surface area contributed by atoms with Gasteiger partial charge in [-0.1, -0.05) is 0 Å². The van der Waals surface area contributed by atoms with Crippen molar-refractivity contribution in [2.24, 2.45) is 0 Å². The Hall–Kier alpha value is -1.24. The first kappa shape index (κ1) is 13.7. The molecule has 0 radical (unpaired) electrons. The van der Waals surface area contributed by atoms with Crippen LogP contribution in [0.4, 0.5) is 0 Å². The molecule has 0 aliphatic carbocycles. The van der Waals surface area contributed by atoms with E-state index in [4.69, 9.17) is 4.74 Å². The number of hydrogen-bond donors (Lipinski definition) is 0. The van der Waals surface area contributed by atoms with Gasteiger partial charge in [-0.05, 0) is 34.5 Å². The maximum atomic E-state index is 12.4. The van der Waals surface area contributed by atoms with Crippen LogP contribution in [-0.2, 0) is 11.2 Å². The molecule has 0 saturated carbocycles. The highest BCUT2D eigenvalue weighted by molar-refractivity contribution is 9.10. The lowest BCUT2D eigenvalue weighted by Gasteiger charge is -2.26. The van der Waals surface area contributed by atoms with Crippen LogP contribution in [0.1, 0.15) is 5.56 Å². The summed E-state index contributed by atoms with van der Waals surface area (Å²) in [6.07, 6.45) is 4.19. The van der Waals surface area contributed by atoms with E-state index in [1.807, 2.05) is 12.1 Å². The lowest BCUT2D eigenvalue weighted by atomic mass is 10.2. The predicted molar refractivity (Wildman–Crippen MR) is 80.1 cm³/mol. The quantitative estimate of drug-likeness (QED) is 0.847. The summed E-state index contributed by atoms with van der Waals surface area (Å²) in [5, 5.41) is 0. The summed E-state index contributed by atoms with van der Waals surface area (Å²) in [6.45, 7) is 4.31. The van der Waals surface area contributed by atoms with Crippen LogP contribution in [0.25, 0.3) is 5.65 Å². The smallest absolute Gasteiger partial charge is 0.261 e. The fourth-order valence-electron chi connectivity index (χ4n) is 2.36. The average Bonchev–Trinajstić information content (AvgIpc) is 2.48. The number of halogens is 1. The zero-order chi connectivity index (χ0) is 13.9. The van der Waals surface area contributed by atoms with Crippen LogP contribution in [0, 0.1) is 0 Å². The van der Waals surface area contributed by atoms with Crippen LogP contribution in [0.5, 0.6) is 0 Å². The van der Waals surface area contributed by atoms with Crippen molar-refractivity contribution < 1.29 is 4.74 Å². The molecule has 6 heteroatoms. The van der Waals surface area contributed by atoms with E-state index >= 15 is 0 Å². The Balaban J connectivity index is 1.81. The summed E-state index contributed by atoms with van der Waals surface area (Å²) < 4.78 is 7.79. The number of rotatable bonds is 3. The van der Waals surface area contributed by atoms with E-state index in [1.165, 1.54) is 0 Å². The van der Waals surface area contributed by atoms with Gasteiger partial charge in [0.15, 0.2) is 0 Å². The number of nitrogens with zero attached hydrogens (tertiary/aromatic N) is 3. The molecule has 3 heterocycles. The summed E-state index contributed by atoms with van der Waals surface area (Å²) in [5.41, 5.74) is 1.45. The minimum Gasteiger partial charge on any atom is -0.379 e. The van der Waals surface area contributed by atoms with Gasteiger partial charge < -0.3 is 4.74 Å². The fraction of sp³-hybridized carbons (Fsp3) is 0.429. The molecule has 20 heavy (non-hydrogen) atoms. The Bertz CT molecular complexity index is 665. The number of morpholine rings is 1. The van der Waals surface area contributed by atoms with Crippen molar-refractivity contribution in [2.75, 3.05) is 32.8 Å². The third-order valence-electron chi connectivity index (χ3n) is 3.54. The first-order chi connectivity index (χ1) is 9.74. The SMILES string of the molecule is O=c1c(CCN2CCOCC2)cnc2ccc(Br)cn12. The monoisotopic (exact) mass is 337 g/mol. The Kier molecular flexibility index (Phi) is 4.14. The zero-order valence-corrected chi connectivity index (χ0v) is 12.7. The highest BCUT2D eigenvalue weighted by Gasteiger charge is 2.12. The zero-order valence-electron chi connectivity index (χ0n) is 11.1. The molecule has 3 rings (SSSR count). The lowest BCUT2D eigenvalue weighted by Crippen LogP contribution is -2.38. The summed E-state index contributed by atoms with van der Waals surface area (Å²) in [6, 6.07) is 3.71. The van der Waals surface area contributed by atoms with E-state index in [-0.39, 0.29) is 5.56 Å². The molecule has 106 valence electrons. The van der Waals surface area contributed by atoms with Crippen LogP contribution in [-0.4, -0.2) is 47.1 Å². The third-order valence-corrected chi connectivity index (χ3v) is 4.01. The normalized spacial score (nSPS) is 16.6. The Morgan fingerprint density at radius 2 is 2.10 bits per heavy atom. The molecule has 2 aromatic heterocycles. The summed E-state index contributed by atoms with van der Waals surface area (Å²) in [5.74, 6) is 0. The molecule has 0 amide bonds. The van der Waals surface area contributed by atoms with Crippen molar-refractivity contribution in [3.05, 3.63) is 44.9 Å². The van der Waals surface area contributed by atoms with Gasteiger partial charge in [-0.2, -0.15) is 0 Å². The van der Waals surface area contributed by atoms with Crippen molar-refractivity contribution in [1.82, 2.24) is 14.3 Å². The standard InChI is InChI=1S/C14H16BrN3O2/c15-12-1-2-13-16-9-11(14(19)18(13)10-12)3-4-17-5-7-20-8-6-17/h1-2,9-10H,3-8H2. The van der Waals surface area contributed by atoms with Gasteiger partial charge in [0.25, 0.3) is 5.56 Å². The van der Waals surface area contributed by atoms with Gasteiger partial charge in [0.2, 0.25) is 0 Å². The van der Waals surface area contributed by atoms with Crippen molar-refractivity contribution in [2.45, 2.75) is 6.42 Å². The maximum absolute atomic E-state index is 12.4. The molecule has 5 nitrogen and oxygen atoms in total. The van der Waals surface area contributed by atoms with Gasteiger partial charge in [0.05, 0.1) is 13.2 Å². The highest BCUT2D eigenvalue weighted by Crippen LogP contribution is 2.09. The molecule has 0 aromatic carbocycles. The second-order valence-electron chi connectivity index (χ2n) is 4.87. The van der Waals surface area contributed by atoms with Gasteiger partial charge in [-0.15, -0.1) is 0 Å². The largest absolute Gasteiger partial charge is 0.379 e. The van der Waals surface area contributed by atoms with E-state index in [0.717, 1.165) is 49.3 Å². The van der Waals surface area contributed by atoms with Gasteiger partial charge in [0.1, 0.15) is 5.65 Å². The van der Waals surface area contributed by atoms with Crippen LogP contribution >= 0.6 is 15.9 Å². The van der Waals surface area contributed by atoms with Crippen molar-refractivity contribution in [3.8, 4) is 0 Å². The Morgan fingerprint density at radius 1 is 1.30 bits per heavy atom. The molecule has 0 bridgehead atoms. The number of fused-ring (bicyclic) bond motifs is 1. The van der Waals surface area contributed by atoms with Gasteiger partial charge in [-0.25, -0.2) is 4.98 Å². The molecule has 2 aromatic rings. The Labute approximate surface area is 125 Å². The lowest BCUT2D eigenvalue weighted by molar-refractivity contribution is 0.0384. The van der Waals surface area contributed by atoms with Crippen LogP contribution in [0.2, 0.25) is 0 Å². The first-order valence-corrected chi connectivity index (χ1v) is 7.49. The van der Waals surface area contributed by atoms with E-state index in [2.05, 4.69) is 25.8 Å². The first-order valence-electron chi connectivity index (χ1n) is 6.70. The van der Waals surface area contributed by atoms with Crippen molar-refractivity contribution >= 4 is 21.6 Å². The fourth-order valence-corrected chi connectivity index (χ4v) is 2.70. The molecule has 1 saturated heterocycles. The summed E-state index contributed by atoms with van der Waals surface area (Å²) in [7, 11) is 0. The van der Waals surface area contributed by atoms with Gasteiger partial charge in [-0.3, -0.25) is 14.1 Å². The van der Waals surface area contributed by atoms with E-state index in [1.54, 1.807) is 16.8 Å². The van der Waals surface area contributed by atoms with Crippen molar-refractivity contribution in [1.29, 1.82) is 0 Å². The highest BCUT2D eigenvalue weighted by atomic mass is 79.9. The number of hydrogen-bond acceptors (Lipinski definition) is 4. The molecule has 0 spiro atoms. The van der Waals surface area contributed by atoms with Gasteiger partial charge >= 0.3 is 0 Å². The second kappa shape index (κ2) is 6.03. The van der Waals surface area contributed by atoms with Crippen LogP contribution in [0.3, 0.4) is 0 Å². The number of aromatic nitrogens is 2. The second-order valence-corrected chi connectivity index (χ2v) is 5.78. The molecule has 0 N–H and O–H groups in total. The number of ether oxygens (including phenoxy) is 1. The molecule has 1 aliphatic heterocycles. The predicted octanol–water partition coefficient (Wildman–Crippen LogP) is 1.33. The number of pyridine rings is 1. The van der Waals surface area contributed by atoms with Crippen LogP contribution in [0.15, 0.2) is 33.8 Å². The average molecular weight is 338 g/mol. The van der Waals surface area contributed by atoms with E-state index in [9.17, 15) is 4.79 Å². The summed E-state index contributed by atoms with van der Waals surface area (Å²) >= 11 is 3.38. The molecular weight excluding hydrogens is 322 g/mol. The van der Waals surface area contributed by atoms with E-state index in [0.29, 0.717) is 5.65 Å². The minimum absolute atomic E-state index is 0.0181. The Morgan fingerprint density at radius 3 is 2.90 bits per heavy atom. The van der Waals surface area contributed by atoms with Crippen LogP contribution < -0.4 is 5.56 Å². The van der Waals surface area contributed by atoms with Crippen molar-refractivity contribution in [3.63, 3.8) is 0 Å². The van der Waals surface area contributed by atoms with Gasteiger partial charge in [0, 0.05) is 42.1 Å².